The van der Waals surface area contributed by atoms with Crippen LogP contribution < -0.4 is 11.3 Å². The summed E-state index contributed by atoms with van der Waals surface area (Å²) in [6.45, 7) is 0. The number of amides is 1. The molecule has 0 spiro atoms. The fourth-order valence-corrected chi connectivity index (χ4v) is 1.97. The number of hydrogen-bond donors (Lipinski definition) is 3. The van der Waals surface area contributed by atoms with Crippen LogP contribution in [0.1, 0.15) is 12.8 Å². The van der Waals surface area contributed by atoms with Crippen LogP contribution in [-0.4, -0.2) is 16.8 Å². The Morgan fingerprint density at radius 3 is 2.87 bits per heavy atom. The van der Waals surface area contributed by atoms with Crippen LogP contribution >= 0.6 is 11.8 Å². The molecule has 0 fully saturated rings. The van der Waals surface area contributed by atoms with Gasteiger partial charge in [0, 0.05) is 11.3 Å². The number of hydrogen-bond acceptors (Lipinski definition) is 4. The first-order valence-electron chi connectivity index (χ1n) is 4.64. The second-order valence-electron chi connectivity index (χ2n) is 2.99. The molecule has 0 heterocycles. The molecule has 0 saturated carbocycles. The zero-order chi connectivity index (χ0) is 11.1. The Morgan fingerprint density at radius 2 is 2.20 bits per heavy atom. The van der Waals surface area contributed by atoms with Gasteiger partial charge in [0.15, 0.2) is 0 Å². The predicted octanol–water partition coefficient (Wildman–Crippen LogP) is 1.25. The number of thioether (sulfide) groups is 1. The van der Waals surface area contributed by atoms with Crippen molar-refractivity contribution in [3.63, 3.8) is 0 Å². The lowest BCUT2D eigenvalue weighted by Crippen LogP contribution is -2.29. The quantitative estimate of drug-likeness (QED) is 0.232. The van der Waals surface area contributed by atoms with Crippen LogP contribution in [0.15, 0.2) is 29.2 Å². The molecular formula is C10H14N2O2S. The number of carbonyl (C=O) groups excluding carboxylic acids is 1. The van der Waals surface area contributed by atoms with Gasteiger partial charge < -0.3 is 5.11 Å². The van der Waals surface area contributed by atoms with Crippen LogP contribution in [0, 0.1) is 0 Å². The van der Waals surface area contributed by atoms with Crippen molar-refractivity contribution < 1.29 is 9.90 Å². The van der Waals surface area contributed by atoms with Gasteiger partial charge in [-0.1, -0.05) is 12.1 Å². The standard InChI is InChI=1S/C10H14N2O2S/c11-12-10(14)6-3-7-15-9-5-2-1-4-8(9)13/h1-2,4-5,13H,3,6-7,11H2,(H,12,14). The lowest BCUT2D eigenvalue weighted by atomic mass is 10.3. The van der Waals surface area contributed by atoms with E-state index in [1.807, 2.05) is 12.1 Å². The summed E-state index contributed by atoms with van der Waals surface area (Å²) < 4.78 is 0. The maximum atomic E-state index is 10.8. The van der Waals surface area contributed by atoms with Crippen LogP contribution in [0.4, 0.5) is 0 Å². The number of benzene rings is 1. The van der Waals surface area contributed by atoms with Crippen LogP contribution in [0.5, 0.6) is 5.75 Å². The highest BCUT2D eigenvalue weighted by Gasteiger charge is 2.01. The number of para-hydroxylation sites is 1. The first-order chi connectivity index (χ1) is 7.24. The predicted molar refractivity (Wildman–Crippen MR) is 60.4 cm³/mol. The fourth-order valence-electron chi connectivity index (χ4n) is 1.07. The van der Waals surface area contributed by atoms with Crippen molar-refractivity contribution in [2.75, 3.05) is 5.75 Å². The Kier molecular flexibility index (Phi) is 5.00. The van der Waals surface area contributed by atoms with E-state index in [1.54, 1.807) is 12.1 Å². The van der Waals surface area contributed by atoms with E-state index in [0.717, 1.165) is 17.1 Å². The molecule has 0 saturated heterocycles. The first-order valence-corrected chi connectivity index (χ1v) is 5.63. The van der Waals surface area contributed by atoms with Gasteiger partial charge in [-0.25, -0.2) is 5.84 Å². The molecule has 15 heavy (non-hydrogen) atoms. The summed E-state index contributed by atoms with van der Waals surface area (Å²) >= 11 is 1.53. The fraction of sp³-hybridized carbons (Fsp3) is 0.300. The SMILES string of the molecule is NNC(=O)CCCSc1ccccc1O. The van der Waals surface area contributed by atoms with Gasteiger partial charge in [-0.2, -0.15) is 0 Å². The number of nitrogens with two attached hydrogens (primary N) is 1. The highest BCUT2D eigenvalue weighted by Crippen LogP contribution is 2.28. The number of phenols is 1. The van der Waals surface area contributed by atoms with E-state index in [1.165, 1.54) is 11.8 Å². The normalized spacial score (nSPS) is 9.93. The van der Waals surface area contributed by atoms with E-state index in [2.05, 4.69) is 5.43 Å². The average molecular weight is 226 g/mol. The molecule has 1 rings (SSSR count). The van der Waals surface area contributed by atoms with Crippen LogP contribution in [0.3, 0.4) is 0 Å². The lowest BCUT2D eigenvalue weighted by molar-refractivity contribution is -0.121. The minimum atomic E-state index is -0.159. The monoisotopic (exact) mass is 226 g/mol. The van der Waals surface area contributed by atoms with Gasteiger partial charge in [0.2, 0.25) is 5.91 Å². The summed E-state index contributed by atoms with van der Waals surface area (Å²) in [6, 6.07) is 7.15. The van der Waals surface area contributed by atoms with Crippen LogP contribution in [0.25, 0.3) is 0 Å². The number of rotatable bonds is 5. The van der Waals surface area contributed by atoms with Crippen molar-refractivity contribution in [3.8, 4) is 5.75 Å². The maximum absolute atomic E-state index is 10.8. The summed E-state index contributed by atoms with van der Waals surface area (Å²) in [6.07, 6.45) is 1.15. The van der Waals surface area contributed by atoms with Gasteiger partial charge in [-0.05, 0) is 24.3 Å². The van der Waals surface area contributed by atoms with E-state index in [0.29, 0.717) is 6.42 Å². The van der Waals surface area contributed by atoms with Gasteiger partial charge >= 0.3 is 0 Å². The largest absolute Gasteiger partial charge is 0.507 e. The van der Waals surface area contributed by atoms with Crippen molar-refractivity contribution >= 4 is 17.7 Å². The molecule has 0 unspecified atom stereocenters. The molecule has 0 radical (unpaired) electrons. The highest BCUT2D eigenvalue weighted by atomic mass is 32.2. The summed E-state index contributed by atoms with van der Waals surface area (Å²) in [5.41, 5.74) is 2.08. The lowest BCUT2D eigenvalue weighted by Gasteiger charge is -2.03. The van der Waals surface area contributed by atoms with Gasteiger partial charge in [0.1, 0.15) is 5.75 Å². The third-order valence-corrected chi connectivity index (χ3v) is 2.98. The topological polar surface area (TPSA) is 75.3 Å². The number of phenolic OH excluding ortho intramolecular Hbond substituents is 1. The van der Waals surface area contributed by atoms with Crippen molar-refractivity contribution in [2.24, 2.45) is 5.84 Å². The molecule has 1 aromatic carbocycles. The molecule has 5 heteroatoms. The second kappa shape index (κ2) is 6.31. The van der Waals surface area contributed by atoms with Crippen molar-refractivity contribution in [2.45, 2.75) is 17.7 Å². The summed E-state index contributed by atoms with van der Waals surface area (Å²) in [5, 5.41) is 9.45. The zero-order valence-electron chi connectivity index (χ0n) is 8.27. The maximum Gasteiger partial charge on any atom is 0.233 e. The number of nitrogens with one attached hydrogen (secondary N) is 1. The summed E-state index contributed by atoms with van der Waals surface area (Å²) in [4.78, 5) is 11.6. The van der Waals surface area contributed by atoms with E-state index in [-0.39, 0.29) is 11.7 Å². The molecule has 0 aromatic heterocycles. The molecule has 0 aliphatic heterocycles. The molecule has 0 bridgehead atoms. The summed E-state index contributed by atoms with van der Waals surface area (Å²) in [7, 11) is 0. The molecular weight excluding hydrogens is 212 g/mol. The van der Waals surface area contributed by atoms with Gasteiger partial charge in [-0.3, -0.25) is 10.2 Å². The van der Waals surface area contributed by atoms with E-state index >= 15 is 0 Å². The van der Waals surface area contributed by atoms with Crippen molar-refractivity contribution in [1.82, 2.24) is 5.43 Å². The molecule has 1 amide bonds. The van der Waals surface area contributed by atoms with Gasteiger partial charge in [-0.15, -0.1) is 11.8 Å². The molecule has 0 aliphatic carbocycles. The molecule has 4 N–H and O–H groups in total. The third-order valence-electron chi connectivity index (χ3n) is 1.83. The minimum Gasteiger partial charge on any atom is -0.507 e. The Hall–Kier alpha value is -1.20. The Labute approximate surface area is 92.8 Å². The number of aromatic hydroxyl groups is 1. The molecule has 0 atom stereocenters. The van der Waals surface area contributed by atoms with Crippen molar-refractivity contribution in [1.29, 1.82) is 0 Å². The average Bonchev–Trinajstić information content (AvgIpc) is 2.26. The van der Waals surface area contributed by atoms with Crippen LogP contribution in [0.2, 0.25) is 0 Å². The highest BCUT2D eigenvalue weighted by molar-refractivity contribution is 7.99. The second-order valence-corrected chi connectivity index (χ2v) is 4.12. The van der Waals surface area contributed by atoms with E-state index in [9.17, 15) is 9.90 Å². The van der Waals surface area contributed by atoms with Gasteiger partial charge in [0.05, 0.1) is 0 Å². The number of hydrazine groups is 1. The first kappa shape index (κ1) is 11.9. The molecule has 4 nitrogen and oxygen atoms in total. The molecule has 1 aromatic rings. The Morgan fingerprint density at radius 1 is 1.47 bits per heavy atom. The van der Waals surface area contributed by atoms with E-state index in [4.69, 9.17) is 5.84 Å². The minimum absolute atomic E-state index is 0.159. The van der Waals surface area contributed by atoms with Gasteiger partial charge in [0.25, 0.3) is 0 Å². The molecule has 0 aliphatic rings. The Balaban J connectivity index is 2.26. The number of carbonyl (C=O) groups is 1. The third kappa shape index (κ3) is 4.22. The smallest absolute Gasteiger partial charge is 0.233 e. The zero-order valence-corrected chi connectivity index (χ0v) is 9.09. The Bertz CT molecular complexity index is 331. The summed E-state index contributed by atoms with van der Waals surface area (Å²) in [5.74, 6) is 5.85. The molecule has 82 valence electrons. The van der Waals surface area contributed by atoms with E-state index < -0.39 is 0 Å². The van der Waals surface area contributed by atoms with Crippen molar-refractivity contribution in [3.05, 3.63) is 24.3 Å². The van der Waals surface area contributed by atoms with Crippen LogP contribution in [-0.2, 0) is 4.79 Å².